The number of nitrogens with zero attached hydrogens (tertiary/aromatic N) is 2. The van der Waals surface area contributed by atoms with E-state index in [1.54, 1.807) is 12.1 Å². The molecule has 0 saturated heterocycles. The van der Waals surface area contributed by atoms with E-state index in [4.69, 9.17) is 0 Å². The van der Waals surface area contributed by atoms with Gasteiger partial charge in [0.15, 0.2) is 0 Å². The van der Waals surface area contributed by atoms with Crippen molar-refractivity contribution in [2.24, 2.45) is 0 Å². The average Bonchev–Trinajstić information content (AvgIpc) is 3.19. The smallest absolute Gasteiger partial charge is 0.292 e. The van der Waals surface area contributed by atoms with E-state index >= 15 is 0 Å². The highest BCUT2D eigenvalue weighted by Crippen LogP contribution is 2.29. The van der Waals surface area contributed by atoms with E-state index in [9.17, 15) is 10.1 Å². The van der Waals surface area contributed by atoms with Gasteiger partial charge in [0.05, 0.1) is 4.92 Å². The van der Waals surface area contributed by atoms with Crippen molar-refractivity contribution in [1.29, 1.82) is 0 Å². The number of rotatable bonds is 6. The van der Waals surface area contributed by atoms with E-state index in [-0.39, 0.29) is 10.6 Å². The molecule has 1 N–H and O–H groups in total. The van der Waals surface area contributed by atoms with Crippen LogP contribution in [0.1, 0.15) is 25.3 Å². The number of anilines is 1. The summed E-state index contributed by atoms with van der Waals surface area (Å²) in [7, 11) is 2.12. The molecule has 0 aromatic heterocycles. The Balaban J connectivity index is 2.04. The lowest BCUT2D eigenvalue weighted by Gasteiger charge is -2.25. The molecular formula is C14H21N3O2. The van der Waals surface area contributed by atoms with E-state index in [0.29, 0.717) is 17.8 Å². The summed E-state index contributed by atoms with van der Waals surface area (Å²) in [6, 6.07) is 6.23. The van der Waals surface area contributed by atoms with Gasteiger partial charge in [0.25, 0.3) is 5.69 Å². The van der Waals surface area contributed by atoms with Gasteiger partial charge in [-0.1, -0.05) is 12.1 Å². The van der Waals surface area contributed by atoms with Gasteiger partial charge in [0, 0.05) is 24.7 Å². The molecule has 0 bridgehead atoms. The standard InChI is InChI=1S/C14H21N3O2/c1-10-5-4-6-13(17(18)19)14(10)15-9-11(2)16(3)12-7-8-12/h4-6,11-12,15H,7-9H2,1-3H3. The second kappa shape index (κ2) is 5.57. The first-order chi connectivity index (χ1) is 9.00. The van der Waals surface area contributed by atoms with E-state index < -0.39 is 0 Å². The molecule has 0 aliphatic heterocycles. The molecule has 0 heterocycles. The number of aryl methyl sites for hydroxylation is 1. The van der Waals surface area contributed by atoms with Crippen LogP contribution in [0.3, 0.4) is 0 Å². The highest BCUT2D eigenvalue weighted by atomic mass is 16.6. The lowest BCUT2D eigenvalue weighted by atomic mass is 10.1. The molecule has 0 amide bonds. The van der Waals surface area contributed by atoms with Gasteiger partial charge in [-0.15, -0.1) is 0 Å². The van der Waals surface area contributed by atoms with Crippen LogP contribution in [0.5, 0.6) is 0 Å². The highest BCUT2D eigenvalue weighted by molar-refractivity contribution is 5.66. The number of likely N-dealkylation sites (N-methyl/N-ethyl adjacent to an activating group) is 1. The topological polar surface area (TPSA) is 58.4 Å². The Morgan fingerprint density at radius 3 is 2.79 bits per heavy atom. The summed E-state index contributed by atoms with van der Waals surface area (Å²) in [5.41, 5.74) is 1.71. The summed E-state index contributed by atoms with van der Waals surface area (Å²) in [4.78, 5) is 13.0. The summed E-state index contributed by atoms with van der Waals surface area (Å²) in [5, 5.41) is 14.3. The normalized spacial score (nSPS) is 16.4. The van der Waals surface area contributed by atoms with Crippen molar-refractivity contribution in [2.75, 3.05) is 18.9 Å². The van der Waals surface area contributed by atoms with Crippen LogP contribution in [0.25, 0.3) is 0 Å². The maximum absolute atomic E-state index is 11.0. The van der Waals surface area contributed by atoms with Gasteiger partial charge in [0.1, 0.15) is 5.69 Å². The van der Waals surface area contributed by atoms with Crippen molar-refractivity contribution in [2.45, 2.75) is 38.8 Å². The molecule has 0 spiro atoms. The molecule has 104 valence electrons. The fourth-order valence-corrected chi connectivity index (χ4v) is 2.27. The Morgan fingerprint density at radius 1 is 1.53 bits per heavy atom. The lowest BCUT2D eigenvalue weighted by Crippen LogP contribution is -2.36. The second-order valence-electron chi connectivity index (χ2n) is 5.35. The fourth-order valence-electron chi connectivity index (χ4n) is 2.27. The van der Waals surface area contributed by atoms with Crippen LogP contribution in [-0.2, 0) is 0 Å². The number of nitro benzene ring substituents is 1. The molecule has 1 atom stereocenters. The largest absolute Gasteiger partial charge is 0.378 e. The first-order valence-electron chi connectivity index (χ1n) is 6.70. The van der Waals surface area contributed by atoms with Gasteiger partial charge >= 0.3 is 0 Å². The minimum atomic E-state index is -0.329. The fraction of sp³-hybridized carbons (Fsp3) is 0.571. The van der Waals surface area contributed by atoms with Crippen molar-refractivity contribution in [3.05, 3.63) is 33.9 Å². The van der Waals surface area contributed by atoms with Gasteiger partial charge in [-0.3, -0.25) is 15.0 Å². The molecule has 5 heteroatoms. The Bertz CT molecular complexity index is 472. The Hall–Kier alpha value is -1.62. The molecule has 1 saturated carbocycles. The molecule has 0 radical (unpaired) electrons. The Kier molecular flexibility index (Phi) is 4.04. The molecule has 1 fully saturated rings. The zero-order valence-electron chi connectivity index (χ0n) is 11.7. The summed E-state index contributed by atoms with van der Waals surface area (Å²) in [6.45, 7) is 4.76. The van der Waals surface area contributed by atoms with E-state index in [1.165, 1.54) is 12.8 Å². The maximum Gasteiger partial charge on any atom is 0.292 e. The van der Waals surface area contributed by atoms with Crippen LogP contribution in [0, 0.1) is 17.0 Å². The number of para-hydroxylation sites is 1. The number of nitro groups is 1. The predicted molar refractivity (Wildman–Crippen MR) is 76.6 cm³/mol. The molecule has 5 nitrogen and oxygen atoms in total. The van der Waals surface area contributed by atoms with Crippen LogP contribution in [0.15, 0.2) is 18.2 Å². The molecular weight excluding hydrogens is 242 g/mol. The SMILES string of the molecule is Cc1cccc([N+](=O)[O-])c1NCC(C)N(C)C1CC1. The van der Waals surface area contributed by atoms with Crippen LogP contribution >= 0.6 is 0 Å². The Morgan fingerprint density at radius 2 is 2.21 bits per heavy atom. The van der Waals surface area contributed by atoms with Gasteiger partial charge in [0.2, 0.25) is 0 Å². The molecule has 1 aromatic rings. The molecule has 2 rings (SSSR count). The maximum atomic E-state index is 11.0. The number of benzene rings is 1. The van der Waals surface area contributed by atoms with E-state index in [2.05, 4.69) is 24.2 Å². The van der Waals surface area contributed by atoms with Crippen LogP contribution in [-0.4, -0.2) is 35.5 Å². The molecule has 1 aromatic carbocycles. The lowest BCUT2D eigenvalue weighted by molar-refractivity contribution is -0.384. The van der Waals surface area contributed by atoms with E-state index in [0.717, 1.165) is 12.1 Å². The molecule has 1 unspecified atom stereocenters. The number of nitrogens with one attached hydrogen (secondary N) is 1. The van der Waals surface area contributed by atoms with Gasteiger partial charge in [-0.2, -0.15) is 0 Å². The summed E-state index contributed by atoms with van der Waals surface area (Å²) in [5.74, 6) is 0. The minimum Gasteiger partial charge on any atom is -0.378 e. The van der Waals surface area contributed by atoms with Crippen molar-refractivity contribution in [3.63, 3.8) is 0 Å². The molecule has 19 heavy (non-hydrogen) atoms. The Labute approximate surface area is 113 Å². The van der Waals surface area contributed by atoms with Crippen molar-refractivity contribution >= 4 is 11.4 Å². The number of hydrogen-bond acceptors (Lipinski definition) is 4. The molecule has 1 aliphatic rings. The average molecular weight is 263 g/mol. The molecule has 1 aliphatic carbocycles. The first-order valence-corrected chi connectivity index (χ1v) is 6.70. The number of hydrogen-bond donors (Lipinski definition) is 1. The summed E-state index contributed by atoms with van der Waals surface area (Å²) < 4.78 is 0. The van der Waals surface area contributed by atoms with Gasteiger partial charge in [-0.05, 0) is 39.3 Å². The zero-order valence-corrected chi connectivity index (χ0v) is 11.7. The van der Waals surface area contributed by atoms with Crippen molar-refractivity contribution < 1.29 is 4.92 Å². The zero-order chi connectivity index (χ0) is 14.0. The second-order valence-corrected chi connectivity index (χ2v) is 5.35. The van der Waals surface area contributed by atoms with Gasteiger partial charge in [-0.25, -0.2) is 0 Å². The quantitative estimate of drug-likeness (QED) is 0.633. The summed E-state index contributed by atoms with van der Waals surface area (Å²) >= 11 is 0. The van der Waals surface area contributed by atoms with Crippen LogP contribution in [0.4, 0.5) is 11.4 Å². The highest BCUT2D eigenvalue weighted by Gasteiger charge is 2.29. The van der Waals surface area contributed by atoms with Gasteiger partial charge < -0.3 is 5.32 Å². The minimum absolute atomic E-state index is 0.154. The van der Waals surface area contributed by atoms with E-state index in [1.807, 2.05) is 13.0 Å². The third-order valence-corrected chi connectivity index (χ3v) is 3.84. The monoisotopic (exact) mass is 263 g/mol. The third kappa shape index (κ3) is 3.23. The third-order valence-electron chi connectivity index (χ3n) is 3.84. The van der Waals surface area contributed by atoms with Crippen molar-refractivity contribution in [1.82, 2.24) is 4.90 Å². The first kappa shape index (κ1) is 13.8. The van der Waals surface area contributed by atoms with Crippen LogP contribution < -0.4 is 5.32 Å². The van der Waals surface area contributed by atoms with Crippen molar-refractivity contribution in [3.8, 4) is 0 Å². The summed E-state index contributed by atoms with van der Waals surface area (Å²) in [6.07, 6.45) is 2.54. The van der Waals surface area contributed by atoms with Crippen LogP contribution in [0.2, 0.25) is 0 Å². The predicted octanol–water partition coefficient (Wildman–Crippen LogP) is 2.80.